The maximum atomic E-state index is 7.16. The van der Waals surface area contributed by atoms with Gasteiger partial charge in [0.05, 0.1) is 5.69 Å². The number of hydrogen-bond donors (Lipinski definition) is 0. The minimum absolute atomic E-state index is 0.0398. The van der Waals surface area contributed by atoms with E-state index in [2.05, 4.69) is 263 Å². The molecule has 0 aliphatic heterocycles. The van der Waals surface area contributed by atoms with Crippen molar-refractivity contribution in [1.82, 2.24) is 0 Å². The molecule has 65 heavy (non-hydrogen) atoms. The van der Waals surface area contributed by atoms with Gasteiger partial charge >= 0.3 is 0 Å². The largest absolute Gasteiger partial charge is 0.455 e. The van der Waals surface area contributed by atoms with Crippen molar-refractivity contribution in [2.45, 2.75) is 105 Å². The summed E-state index contributed by atoms with van der Waals surface area (Å²) in [5, 5.41) is 4.49. The van der Waals surface area contributed by atoms with Crippen LogP contribution in [0.15, 0.2) is 174 Å². The molecule has 3 nitrogen and oxygen atoms in total. The zero-order valence-electron chi connectivity index (χ0n) is 40.5. The number of furan rings is 1. The first-order valence-corrected chi connectivity index (χ1v) is 23.2. The molecule has 3 heteroatoms. The van der Waals surface area contributed by atoms with E-state index in [1.807, 2.05) is 0 Å². The van der Waals surface area contributed by atoms with Gasteiger partial charge in [-0.05, 0) is 145 Å². The molecule has 0 spiro atoms. The Morgan fingerprint density at radius 2 is 0.754 bits per heavy atom. The lowest BCUT2D eigenvalue weighted by Gasteiger charge is -2.29. The lowest BCUT2D eigenvalue weighted by atomic mass is 9.86. The summed E-state index contributed by atoms with van der Waals surface area (Å²) in [6.07, 6.45) is 0. The van der Waals surface area contributed by atoms with Crippen LogP contribution in [0.1, 0.15) is 105 Å². The van der Waals surface area contributed by atoms with Gasteiger partial charge in [-0.15, -0.1) is 0 Å². The van der Waals surface area contributed by atoms with Gasteiger partial charge in [0.15, 0.2) is 0 Å². The van der Waals surface area contributed by atoms with Crippen LogP contribution >= 0.6 is 0 Å². The number of rotatable bonds is 7. The second-order valence-corrected chi connectivity index (χ2v) is 22.0. The predicted molar refractivity (Wildman–Crippen MR) is 281 cm³/mol. The molecular formula is C62H64N2O. The molecule has 0 saturated heterocycles. The first kappa shape index (κ1) is 43.7. The molecule has 0 aliphatic carbocycles. The molecule has 0 aliphatic rings. The number of fused-ring (bicyclic) bond motifs is 4. The molecule has 0 saturated carbocycles. The lowest BCUT2D eigenvalue weighted by Crippen LogP contribution is -2.15. The van der Waals surface area contributed by atoms with Crippen molar-refractivity contribution in [2.75, 3.05) is 9.80 Å². The molecule has 0 bridgehead atoms. The predicted octanol–water partition coefficient (Wildman–Crippen LogP) is 18.5. The van der Waals surface area contributed by atoms with Crippen molar-refractivity contribution in [1.29, 1.82) is 0 Å². The van der Waals surface area contributed by atoms with Crippen molar-refractivity contribution in [2.24, 2.45) is 0 Å². The van der Waals surface area contributed by atoms with E-state index in [-0.39, 0.29) is 21.7 Å². The van der Waals surface area contributed by atoms with Gasteiger partial charge in [-0.2, -0.15) is 0 Å². The van der Waals surface area contributed by atoms with Gasteiger partial charge in [0.1, 0.15) is 11.2 Å². The van der Waals surface area contributed by atoms with Gasteiger partial charge in [-0.3, -0.25) is 0 Å². The summed E-state index contributed by atoms with van der Waals surface area (Å²) in [5.74, 6) is 0. The van der Waals surface area contributed by atoms with Crippen LogP contribution in [0.3, 0.4) is 0 Å². The smallest absolute Gasteiger partial charge is 0.145 e. The molecular weight excluding hydrogens is 789 g/mol. The highest BCUT2D eigenvalue weighted by atomic mass is 16.3. The third-order valence-electron chi connectivity index (χ3n) is 13.1. The topological polar surface area (TPSA) is 19.6 Å². The molecule has 9 aromatic rings. The molecule has 0 unspecified atom stereocenters. The van der Waals surface area contributed by atoms with Crippen LogP contribution in [-0.2, 0) is 21.7 Å². The summed E-state index contributed by atoms with van der Waals surface area (Å²) in [5.41, 5.74) is 15.9. The van der Waals surface area contributed by atoms with Crippen molar-refractivity contribution < 1.29 is 4.42 Å². The van der Waals surface area contributed by atoms with Crippen molar-refractivity contribution >= 4 is 66.8 Å². The van der Waals surface area contributed by atoms with Crippen LogP contribution in [0.4, 0.5) is 34.1 Å². The van der Waals surface area contributed by atoms with Gasteiger partial charge in [0.2, 0.25) is 0 Å². The summed E-state index contributed by atoms with van der Waals surface area (Å²) >= 11 is 0. The fraction of sp³-hybridized carbons (Fsp3) is 0.258. The lowest BCUT2D eigenvalue weighted by molar-refractivity contribution is 0.590. The Hall–Kier alpha value is -6.58. The monoisotopic (exact) mass is 853 g/mol. The molecule has 8 aromatic carbocycles. The third-order valence-corrected chi connectivity index (χ3v) is 13.1. The standard InChI is InChI=1S/C62H64N2O/c1-59(2,3)44-19-28-48(29-20-44)63(49-30-21-45(22-31-49)60(4,5)6)52-27-18-42-39-54-53-36-37-55(57(41-16-14-13-15-17-41)58(53)65-56(54)40-43(42)38-52)64(50-32-23-46(24-33-50)61(7,8)9)51-34-25-47(26-35-51)62(10,11)12/h13-40H,1-12H3. The number of nitrogens with zero attached hydrogens (tertiary/aromatic N) is 2. The van der Waals surface area contributed by atoms with Gasteiger partial charge in [-0.1, -0.05) is 168 Å². The van der Waals surface area contributed by atoms with E-state index in [9.17, 15) is 0 Å². The second-order valence-electron chi connectivity index (χ2n) is 22.0. The SMILES string of the molecule is CC(C)(C)c1ccc(N(c2ccc(C(C)(C)C)cc2)c2ccc3cc4c(cc3c2)oc2c(-c3ccccc3)c(N(c3ccc(C(C)(C)C)cc3)c3ccc(C(C)(C)C)cc3)ccc24)cc1. The van der Waals surface area contributed by atoms with E-state index < -0.39 is 0 Å². The zero-order valence-corrected chi connectivity index (χ0v) is 40.5. The first-order chi connectivity index (χ1) is 30.7. The van der Waals surface area contributed by atoms with E-state index in [1.54, 1.807) is 0 Å². The third kappa shape index (κ3) is 8.57. The van der Waals surface area contributed by atoms with E-state index in [1.165, 1.54) is 27.6 Å². The zero-order chi connectivity index (χ0) is 46.1. The Balaban J connectivity index is 1.22. The fourth-order valence-electron chi connectivity index (χ4n) is 9.09. The normalized spacial score (nSPS) is 12.6. The second kappa shape index (κ2) is 16.1. The molecule has 0 fully saturated rings. The van der Waals surface area contributed by atoms with Crippen LogP contribution in [0.5, 0.6) is 0 Å². The Morgan fingerprint density at radius 1 is 0.338 bits per heavy atom. The molecule has 9 rings (SSSR count). The maximum absolute atomic E-state index is 7.16. The average Bonchev–Trinajstić information content (AvgIpc) is 3.62. The quantitative estimate of drug-likeness (QED) is 0.159. The van der Waals surface area contributed by atoms with Crippen LogP contribution in [0.2, 0.25) is 0 Å². The van der Waals surface area contributed by atoms with Gasteiger partial charge in [-0.25, -0.2) is 0 Å². The number of benzene rings is 8. The summed E-state index contributed by atoms with van der Waals surface area (Å²) in [4.78, 5) is 4.77. The van der Waals surface area contributed by atoms with E-state index >= 15 is 0 Å². The minimum Gasteiger partial charge on any atom is -0.455 e. The molecule has 328 valence electrons. The van der Waals surface area contributed by atoms with Crippen LogP contribution in [0.25, 0.3) is 43.8 Å². The molecule has 1 heterocycles. The summed E-state index contributed by atoms with van der Waals surface area (Å²) in [7, 11) is 0. The highest BCUT2D eigenvalue weighted by Gasteiger charge is 2.25. The Morgan fingerprint density at radius 3 is 1.18 bits per heavy atom. The number of hydrogen-bond acceptors (Lipinski definition) is 3. The molecule has 1 aromatic heterocycles. The molecule has 0 radical (unpaired) electrons. The van der Waals surface area contributed by atoms with Gasteiger partial charge in [0.25, 0.3) is 0 Å². The summed E-state index contributed by atoms with van der Waals surface area (Å²) < 4.78 is 7.16. The highest BCUT2D eigenvalue weighted by Crippen LogP contribution is 2.48. The first-order valence-electron chi connectivity index (χ1n) is 23.2. The van der Waals surface area contributed by atoms with Crippen molar-refractivity contribution in [3.8, 4) is 11.1 Å². The van der Waals surface area contributed by atoms with E-state index in [0.29, 0.717) is 0 Å². The Labute approximate surface area is 387 Å². The van der Waals surface area contributed by atoms with E-state index in [0.717, 1.165) is 72.6 Å². The Bertz CT molecular complexity index is 3010. The minimum atomic E-state index is 0.0398. The fourth-order valence-corrected chi connectivity index (χ4v) is 9.09. The highest BCUT2D eigenvalue weighted by molar-refractivity contribution is 6.16. The van der Waals surface area contributed by atoms with Crippen molar-refractivity contribution in [3.63, 3.8) is 0 Å². The van der Waals surface area contributed by atoms with Crippen molar-refractivity contribution in [3.05, 3.63) is 192 Å². The van der Waals surface area contributed by atoms with Crippen LogP contribution in [-0.4, -0.2) is 0 Å². The van der Waals surface area contributed by atoms with Crippen LogP contribution < -0.4 is 9.80 Å². The van der Waals surface area contributed by atoms with Gasteiger partial charge < -0.3 is 14.2 Å². The Kier molecular flexibility index (Phi) is 10.8. The van der Waals surface area contributed by atoms with E-state index in [4.69, 9.17) is 4.42 Å². The van der Waals surface area contributed by atoms with Gasteiger partial charge in [0, 0.05) is 44.8 Å². The number of anilines is 6. The summed E-state index contributed by atoms with van der Waals surface area (Å²) in [6, 6.07) is 62.9. The summed E-state index contributed by atoms with van der Waals surface area (Å²) in [6.45, 7) is 27.2. The molecule has 0 atom stereocenters. The maximum Gasteiger partial charge on any atom is 0.145 e. The van der Waals surface area contributed by atoms with Crippen LogP contribution in [0, 0.1) is 0 Å². The molecule has 0 amide bonds. The average molecular weight is 853 g/mol. The molecule has 0 N–H and O–H groups in total.